The number of hydrogen-bond donors (Lipinski definition) is 1. The highest BCUT2D eigenvalue weighted by Crippen LogP contribution is 2.38. The number of thioether (sulfide) groups is 1. The molecule has 2 aromatic carbocycles. The SMILES string of the molecule is COC(=O)c1c(-c2cc(C)ccc2C)csc1NC(=O)CSc1nnc(-c2ccccc2)n1C. The van der Waals surface area contributed by atoms with E-state index in [4.69, 9.17) is 4.74 Å². The van der Waals surface area contributed by atoms with Crippen molar-refractivity contribution in [3.8, 4) is 22.5 Å². The van der Waals surface area contributed by atoms with Crippen LogP contribution in [0.25, 0.3) is 22.5 Å². The van der Waals surface area contributed by atoms with E-state index in [0.29, 0.717) is 15.7 Å². The van der Waals surface area contributed by atoms with E-state index in [9.17, 15) is 9.59 Å². The van der Waals surface area contributed by atoms with Crippen molar-refractivity contribution in [2.75, 3.05) is 18.2 Å². The van der Waals surface area contributed by atoms with Gasteiger partial charge in [-0.3, -0.25) is 4.79 Å². The molecule has 0 unspecified atom stereocenters. The first-order valence-corrected chi connectivity index (χ1v) is 12.4. The smallest absolute Gasteiger partial charge is 0.341 e. The monoisotopic (exact) mass is 492 g/mol. The van der Waals surface area contributed by atoms with Gasteiger partial charge in [-0.15, -0.1) is 21.5 Å². The summed E-state index contributed by atoms with van der Waals surface area (Å²) < 4.78 is 6.89. The summed E-state index contributed by atoms with van der Waals surface area (Å²) in [6, 6.07) is 15.8. The minimum Gasteiger partial charge on any atom is -0.465 e. The lowest BCUT2D eigenvalue weighted by atomic mass is 9.97. The van der Waals surface area contributed by atoms with Gasteiger partial charge in [-0.1, -0.05) is 65.9 Å². The first kappa shape index (κ1) is 23.7. The number of nitrogens with one attached hydrogen (secondary N) is 1. The van der Waals surface area contributed by atoms with Crippen molar-refractivity contribution in [1.29, 1.82) is 0 Å². The number of aryl methyl sites for hydroxylation is 2. The molecule has 2 heterocycles. The summed E-state index contributed by atoms with van der Waals surface area (Å²) in [5.41, 5.74) is 5.14. The number of anilines is 1. The zero-order valence-electron chi connectivity index (χ0n) is 19.3. The fourth-order valence-electron chi connectivity index (χ4n) is 3.55. The van der Waals surface area contributed by atoms with E-state index in [0.717, 1.165) is 33.6 Å². The van der Waals surface area contributed by atoms with Gasteiger partial charge >= 0.3 is 5.97 Å². The molecule has 0 saturated heterocycles. The van der Waals surface area contributed by atoms with Crippen LogP contribution >= 0.6 is 23.1 Å². The number of ether oxygens (including phenoxy) is 1. The van der Waals surface area contributed by atoms with Crippen molar-refractivity contribution in [3.63, 3.8) is 0 Å². The fraction of sp³-hybridized carbons (Fsp3) is 0.200. The quantitative estimate of drug-likeness (QED) is 0.277. The van der Waals surface area contributed by atoms with Crippen LogP contribution in [0.1, 0.15) is 21.5 Å². The number of carbonyl (C=O) groups is 2. The maximum atomic E-state index is 12.8. The Morgan fingerprint density at radius 3 is 2.59 bits per heavy atom. The summed E-state index contributed by atoms with van der Waals surface area (Å²) >= 11 is 2.59. The average molecular weight is 493 g/mol. The van der Waals surface area contributed by atoms with Gasteiger partial charge in [0, 0.05) is 23.6 Å². The molecule has 7 nitrogen and oxygen atoms in total. The van der Waals surface area contributed by atoms with Crippen LogP contribution in [0, 0.1) is 13.8 Å². The Bertz CT molecular complexity index is 1350. The predicted molar refractivity (Wildman–Crippen MR) is 136 cm³/mol. The Balaban J connectivity index is 1.52. The molecular formula is C25H24N4O3S2. The summed E-state index contributed by atoms with van der Waals surface area (Å²) in [5.74, 6) is 0.126. The largest absolute Gasteiger partial charge is 0.465 e. The topological polar surface area (TPSA) is 86.1 Å². The minimum atomic E-state index is -0.485. The Labute approximate surface area is 206 Å². The maximum absolute atomic E-state index is 12.8. The van der Waals surface area contributed by atoms with E-state index in [2.05, 4.69) is 15.5 Å². The van der Waals surface area contributed by atoms with Crippen molar-refractivity contribution in [3.05, 3.63) is 70.6 Å². The third-order valence-electron chi connectivity index (χ3n) is 5.32. The van der Waals surface area contributed by atoms with Crippen LogP contribution in [0.4, 0.5) is 5.00 Å². The van der Waals surface area contributed by atoms with Gasteiger partial charge in [-0.05, 0) is 25.0 Å². The standard InChI is InChI=1S/C25H24N4O3S2/c1-15-10-11-16(2)18(12-15)19-13-33-23(21(19)24(31)32-4)26-20(30)14-34-25-28-27-22(29(25)3)17-8-6-5-7-9-17/h5-13H,14H2,1-4H3,(H,26,30). The number of hydrogen-bond acceptors (Lipinski definition) is 7. The normalized spacial score (nSPS) is 10.8. The molecule has 0 atom stereocenters. The van der Waals surface area contributed by atoms with Gasteiger partial charge in [-0.25, -0.2) is 4.79 Å². The van der Waals surface area contributed by atoms with Gasteiger partial charge in [0.1, 0.15) is 10.6 Å². The molecule has 34 heavy (non-hydrogen) atoms. The number of esters is 1. The summed E-state index contributed by atoms with van der Waals surface area (Å²) in [7, 11) is 3.21. The lowest BCUT2D eigenvalue weighted by molar-refractivity contribution is -0.113. The molecule has 4 aromatic rings. The second-order valence-corrected chi connectivity index (χ2v) is 9.55. The highest BCUT2D eigenvalue weighted by molar-refractivity contribution is 7.99. The number of carbonyl (C=O) groups excluding carboxylic acids is 2. The highest BCUT2D eigenvalue weighted by atomic mass is 32.2. The van der Waals surface area contributed by atoms with E-state index < -0.39 is 5.97 Å². The number of rotatable bonds is 7. The molecule has 0 aliphatic heterocycles. The molecular weight excluding hydrogens is 468 g/mol. The Hall–Kier alpha value is -3.43. The molecule has 0 fully saturated rings. The fourth-order valence-corrected chi connectivity index (χ4v) is 5.23. The number of thiophene rings is 1. The molecule has 9 heteroatoms. The first-order valence-electron chi connectivity index (χ1n) is 10.5. The van der Waals surface area contributed by atoms with Gasteiger partial charge < -0.3 is 14.6 Å². The van der Waals surface area contributed by atoms with E-state index >= 15 is 0 Å². The summed E-state index contributed by atoms with van der Waals surface area (Å²) in [6.45, 7) is 4.00. The average Bonchev–Trinajstić information content (AvgIpc) is 3.42. The molecule has 4 rings (SSSR count). The van der Waals surface area contributed by atoms with Crippen LogP contribution < -0.4 is 5.32 Å². The van der Waals surface area contributed by atoms with E-state index in [1.54, 1.807) is 0 Å². The van der Waals surface area contributed by atoms with Crippen molar-refractivity contribution >= 4 is 40.0 Å². The summed E-state index contributed by atoms with van der Waals surface area (Å²) in [4.78, 5) is 25.4. The summed E-state index contributed by atoms with van der Waals surface area (Å²) in [5, 5.41) is 14.3. The van der Waals surface area contributed by atoms with Crippen LogP contribution in [0.2, 0.25) is 0 Å². The van der Waals surface area contributed by atoms with Crippen LogP contribution in [-0.2, 0) is 16.6 Å². The second kappa shape index (κ2) is 10.2. The van der Waals surface area contributed by atoms with Crippen LogP contribution in [0.3, 0.4) is 0 Å². The molecule has 0 radical (unpaired) electrons. The first-order chi connectivity index (χ1) is 16.4. The molecule has 1 N–H and O–H groups in total. The summed E-state index contributed by atoms with van der Waals surface area (Å²) in [6.07, 6.45) is 0. The third kappa shape index (κ3) is 4.90. The number of amides is 1. The molecule has 0 bridgehead atoms. The number of benzene rings is 2. The van der Waals surface area contributed by atoms with Gasteiger partial charge in [-0.2, -0.15) is 0 Å². The number of methoxy groups -OCH3 is 1. The zero-order valence-corrected chi connectivity index (χ0v) is 20.9. The Kier molecular flexibility index (Phi) is 7.14. The van der Waals surface area contributed by atoms with Gasteiger partial charge in [0.05, 0.1) is 12.9 Å². The van der Waals surface area contributed by atoms with E-state index in [1.807, 2.05) is 79.4 Å². The predicted octanol–water partition coefficient (Wildman–Crippen LogP) is 5.34. The Morgan fingerprint density at radius 1 is 1.09 bits per heavy atom. The molecule has 174 valence electrons. The minimum absolute atomic E-state index is 0.123. The number of aromatic nitrogens is 3. The molecule has 0 aliphatic carbocycles. The molecule has 0 saturated carbocycles. The molecule has 2 aromatic heterocycles. The molecule has 0 spiro atoms. The van der Waals surface area contributed by atoms with Crippen molar-refractivity contribution in [1.82, 2.24) is 14.8 Å². The zero-order chi connectivity index (χ0) is 24.2. The van der Waals surface area contributed by atoms with Gasteiger partial charge in [0.15, 0.2) is 11.0 Å². The highest BCUT2D eigenvalue weighted by Gasteiger charge is 2.23. The second-order valence-electron chi connectivity index (χ2n) is 7.73. The van der Waals surface area contributed by atoms with Crippen molar-refractivity contribution in [2.24, 2.45) is 7.05 Å². The van der Waals surface area contributed by atoms with Gasteiger partial charge in [0.2, 0.25) is 5.91 Å². The maximum Gasteiger partial charge on any atom is 0.341 e. The van der Waals surface area contributed by atoms with Crippen LogP contribution in [0.5, 0.6) is 0 Å². The molecule has 1 amide bonds. The van der Waals surface area contributed by atoms with Crippen LogP contribution in [0.15, 0.2) is 59.1 Å². The third-order valence-corrected chi connectivity index (χ3v) is 7.23. The number of nitrogens with zero attached hydrogens (tertiary/aromatic N) is 3. The molecule has 0 aliphatic rings. The van der Waals surface area contributed by atoms with Crippen molar-refractivity contribution < 1.29 is 14.3 Å². The lowest BCUT2D eigenvalue weighted by Gasteiger charge is -2.10. The van der Waals surface area contributed by atoms with Gasteiger partial charge in [0.25, 0.3) is 0 Å². The lowest BCUT2D eigenvalue weighted by Crippen LogP contribution is -2.16. The van der Waals surface area contributed by atoms with Crippen molar-refractivity contribution in [2.45, 2.75) is 19.0 Å². The Morgan fingerprint density at radius 2 is 1.85 bits per heavy atom. The van der Waals surface area contributed by atoms with E-state index in [1.165, 1.54) is 30.2 Å². The van der Waals surface area contributed by atoms with Crippen LogP contribution in [-0.4, -0.2) is 39.5 Å². The van der Waals surface area contributed by atoms with E-state index in [-0.39, 0.29) is 11.7 Å².